The van der Waals surface area contributed by atoms with Gasteiger partial charge < -0.3 is 19.4 Å². The first-order valence-corrected chi connectivity index (χ1v) is 14.0. The molecular weight excluding hydrogens is 567 g/mol. The second-order valence-corrected chi connectivity index (χ2v) is 10.8. The number of aromatic nitrogens is 6. The lowest BCUT2D eigenvalue weighted by atomic mass is 10.1. The standard InChI is InChI=1S/C29H32F3N7O4/c1-17(2)39-27(29(30,31)32)20(11-36-39)9-24(40)37-21-8-19(10-33-12-21)26(41)23-14-38(28-22(23)13-34-16-35-28)18(3)15-43-25-6-4-5-7-42-25/h8,10-14,16-18,25H,4-7,9,15H2,1-3H3,(H,37,40)/t18-,25?/m1/s1. The number of hydrogen-bond donors (Lipinski definition) is 1. The monoisotopic (exact) mass is 599 g/mol. The summed E-state index contributed by atoms with van der Waals surface area (Å²) in [5, 5.41) is 6.90. The number of alkyl halides is 3. The van der Waals surface area contributed by atoms with E-state index in [4.69, 9.17) is 9.47 Å². The van der Waals surface area contributed by atoms with Crippen molar-refractivity contribution in [2.45, 2.75) is 71.0 Å². The van der Waals surface area contributed by atoms with E-state index in [0.29, 0.717) is 29.8 Å². The molecule has 0 aromatic carbocycles. The topological polar surface area (TPSA) is 126 Å². The Morgan fingerprint density at radius 2 is 1.95 bits per heavy atom. The Hall–Kier alpha value is -4.17. The van der Waals surface area contributed by atoms with Gasteiger partial charge >= 0.3 is 6.18 Å². The molecule has 2 atom stereocenters. The Bertz CT molecular complexity index is 1610. The van der Waals surface area contributed by atoms with Crippen LogP contribution in [0.25, 0.3) is 11.0 Å². The van der Waals surface area contributed by atoms with E-state index in [0.717, 1.165) is 30.1 Å². The third-order valence-electron chi connectivity index (χ3n) is 7.14. The zero-order valence-electron chi connectivity index (χ0n) is 24.0. The number of hydrogen-bond acceptors (Lipinski definition) is 8. The van der Waals surface area contributed by atoms with Crippen molar-refractivity contribution in [1.82, 2.24) is 29.3 Å². The summed E-state index contributed by atoms with van der Waals surface area (Å²) in [6, 6.07) is 0.711. The molecule has 0 bridgehead atoms. The summed E-state index contributed by atoms with van der Waals surface area (Å²) in [4.78, 5) is 38.9. The molecule has 4 aromatic heterocycles. The predicted molar refractivity (Wildman–Crippen MR) is 149 cm³/mol. The number of pyridine rings is 1. The smallest absolute Gasteiger partial charge is 0.353 e. The van der Waals surface area contributed by atoms with Crippen molar-refractivity contribution in [2.24, 2.45) is 0 Å². The van der Waals surface area contributed by atoms with E-state index >= 15 is 0 Å². The number of carbonyl (C=O) groups is 2. The van der Waals surface area contributed by atoms with Gasteiger partial charge in [-0.05, 0) is 46.1 Å². The highest BCUT2D eigenvalue weighted by molar-refractivity contribution is 6.16. The van der Waals surface area contributed by atoms with Crippen LogP contribution >= 0.6 is 0 Å². The van der Waals surface area contributed by atoms with Crippen LogP contribution in [0, 0.1) is 0 Å². The molecule has 1 amide bonds. The summed E-state index contributed by atoms with van der Waals surface area (Å²) in [5.41, 5.74) is -0.000762. The molecule has 1 fully saturated rings. The van der Waals surface area contributed by atoms with Crippen LogP contribution in [0.15, 0.2) is 43.4 Å². The molecule has 14 heteroatoms. The Labute approximate surface area is 245 Å². The van der Waals surface area contributed by atoms with Crippen molar-refractivity contribution in [3.05, 3.63) is 65.8 Å². The van der Waals surface area contributed by atoms with Crippen LogP contribution < -0.4 is 5.32 Å². The molecule has 1 saturated heterocycles. The van der Waals surface area contributed by atoms with Crippen molar-refractivity contribution < 1.29 is 32.2 Å². The van der Waals surface area contributed by atoms with Gasteiger partial charge in [-0.1, -0.05) is 0 Å². The van der Waals surface area contributed by atoms with E-state index < -0.39 is 30.2 Å². The lowest BCUT2D eigenvalue weighted by Crippen LogP contribution is -2.25. The van der Waals surface area contributed by atoms with Crippen LogP contribution in [0.2, 0.25) is 0 Å². The van der Waals surface area contributed by atoms with Crippen LogP contribution in [0.4, 0.5) is 18.9 Å². The van der Waals surface area contributed by atoms with Crippen LogP contribution in [0.5, 0.6) is 0 Å². The van der Waals surface area contributed by atoms with Crippen molar-refractivity contribution in [3.8, 4) is 0 Å². The highest BCUT2D eigenvalue weighted by Crippen LogP contribution is 2.34. The molecule has 1 unspecified atom stereocenters. The molecule has 4 aromatic rings. The molecule has 0 spiro atoms. The second-order valence-electron chi connectivity index (χ2n) is 10.8. The number of amides is 1. The first kappa shape index (κ1) is 30.3. The number of nitrogens with zero attached hydrogens (tertiary/aromatic N) is 6. The van der Waals surface area contributed by atoms with E-state index in [1.54, 1.807) is 26.2 Å². The SMILES string of the molecule is CC(C)n1ncc(CC(=O)Nc2cncc(C(=O)c3cn([C@H](C)COC4CCCCO4)c4ncncc34)c2)c1C(F)(F)F. The van der Waals surface area contributed by atoms with Gasteiger partial charge in [-0.25, -0.2) is 9.97 Å². The third-order valence-corrected chi connectivity index (χ3v) is 7.14. The number of fused-ring (bicyclic) bond motifs is 1. The Balaban J connectivity index is 1.33. The van der Waals surface area contributed by atoms with E-state index in [2.05, 4.69) is 25.4 Å². The van der Waals surface area contributed by atoms with E-state index in [9.17, 15) is 22.8 Å². The Morgan fingerprint density at radius 3 is 2.67 bits per heavy atom. The average molecular weight is 600 g/mol. The molecule has 1 N–H and O–H groups in total. The van der Waals surface area contributed by atoms with Crippen molar-refractivity contribution >= 4 is 28.4 Å². The molecule has 1 aliphatic heterocycles. The van der Waals surface area contributed by atoms with Gasteiger partial charge in [0, 0.05) is 47.8 Å². The minimum atomic E-state index is -4.68. The lowest BCUT2D eigenvalue weighted by Gasteiger charge is -2.24. The molecule has 0 aliphatic carbocycles. The normalized spacial score (nSPS) is 16.5. The first-order valence-electron chi connectivity index (χ1n) is 14.0. The lowest BCUT2D eigenvalue weighted by molar-refractivity contribution is -0.166. The predicted octanol–water partition coefficient (Wildman–Crippen LogP) is 5.14. The number of halogens is 3. The third kappa shape index (κ3) is 6.75. The summed E-state index contributed by atoms with van der Waals surface area (Å²) in [6.07, 6.45) is 5.75. The van der Waals surface area contributed by atoms with Crippen molar-refractivity contribution in [1.29, 1.82) is 0 Å². The maximum Gasteiger partial charge on any atom is 0.433 e. The van der Waals surface area contributed by atoms with Gasteiger partial charge in [0.1, 0.15) is 17.7 Å². The summed E-state index contributed by atoms with van der Waals surface area (Å²) >= 11 is 0. The van der Waals surface area contributed by atoms with E-state index in [1.165, 1.54) is 24.8 Å². The van der Waals surface area contributed by atoms with Gasteiger partial charge in [0.2, 0.25) is 5.91 Å². The van der Waals surface area contributed by atoms with E-state index in [1.807, 2.05) is 11.5 Å². The summed E-state index contributed by atoms with van der Waals surface area (Å²) in [6.45, 7) is 6.12. The Kier molecular flexibility index (Phi) is 8.87. The fourth-order valence-corrected chi connectivity index (χ4v) is 5.07. The van der Waals surface area contributed by atoms with Gasteiger partial charge in [0.05, 0.1) is 42.7 Å². The van der Waals surface area contributed by atoms with Crippen molar-refractivity contribution in [3.63, 3.8) is 0 Å². The zero-order chi connectivity index (χ0) is 30.7. The van der Waals surface area contributed by atoms with Gasteiger partial charge in [0.15, 0.2) is 12.1 Å². The number of ether oxygens (including phenoxy) is 2. The maximum absolute atomic E-state index is 13.7. The zero-order valence-corrected chi connectivity index (χ0v) is 24.0. The van der Waals surface area contributed by atoms with Gasteiger partial charge in [0.25, 0.3) is 0 Å². The minimum Gasteiger partial charge on any atom is -0.353 e. The molecule has 11 nitrogen and oxygen atoms in total. The van der Waals surface area contributed by atoms with Gasteiger partial charge in [-0.3, -0.25) is 19.3 Å². The highest BCUT2D eigenvalue weighted by Gasteiger charge is 2.39. The minimum absolute atomic E-state index is 0.162. The van der Waals surface area contributed by atoms with E-state index in [-0.39, 0.29) is 34.9 Å². The number of nitrogens with one attached hydrogen (secondary N) is 1. The molecule has 5 rings (SSSR count). The van der Waals surface area contributed by atoms with Gasteiger partial charge in [-0.2, -0.15) is 18.3 Å². The molecule has 43 heavy (non-hydrogen) atoms. The van der Waals surface area contributed by atoms with Crippen LogP contribution in [0.3, 0.4) is 0 Å². The highest BCUT2D eigenvalue weighted by atomic mass is 19.4. The largest absolute Gasteiger partial charge is 0.433 e. The first-order chi connectivity index (χ1) is 20.5. The quantitative estimate of drug-likeness (QED) is 0.249. The number of anilines is 1. The maximum atomic E-state index is 13.7. The number of carbonyl (C=O) groups excluding carboxylic acids is 2. The van der Waals surface area contributed by atoms with Crippen molar-refractivity contribution in [2.75, 3.05) is 18.5 Å². The molecule has 0 radical (unpaired) electrons. The second kappa shape index (κ2) is 12.6. The summed E-state index contributed by atoms with van der Waals surface area (Å²) in [7, 11) is 0. The van der Waals surface area contributed by atoms with Gasteiger partial charge in [-0.15, -0.1) is 0 Å². The fourth-order valence-electron chi connectivity index (χ4n) is 5.07. The Morgan fingerprint density at radius 1 is 1.14 bits per heavy atom. The number of rotatable bonds is 10. The molecular formula is C29H32F3N7O4. The number of ketones is 1. The summed E-state index contributed by atoms with van der Waals surface area (Å²) in [5.74, 6) is -1.09. The summed E-state index contributed by atoms with van der Waals surface area (Å²) < 4.78 is 55.4. The molecule has 228 valence electrons. The van der Waals surface area contributed by atoms with Crippen LogP contribution in [0.1, 0.15) is 79.3 Å². The molecule has 0 saturated carbocycles. The van der Waals surface area contributed by atoms with Crippen LogP contribution in [-0.2, 0) is 26.9 Å². The van der Waals surface area contributed by atoms with Crippen LogP contribution in [-0.4, -0.2) is 60.5 Å². The fraction of sp³-hybridized carbons (Fsp3) is 0.448. The molecule has 5 heterocycles. The average Bonchev–Trinajstić information content (AvgIpc) is 3.59. The molecule has 1 aliphatic rings.